The number of aromatic nitrogens is 6. The minimum absolute atomic E-state index is 0. The van der Waals surface area contributed by atoms with Gasteiger partial charge in [0.25, 0.3) is 0 Å². The molecule has 2 heterocycles. The van der Waals surface area contributed by atoms with E-state index in [0.29, 0.717) is 0 Å². The van der Waals surface area contributed by atoms with Gasteiger partial charge in [-0.15, -0.1) is 0 Å². The fourth-order valence-corrected chi connectivity index (χ4v) is 9.36. The van der Waals surface area contributed by atoms with E-state index in [9.17, 15) is 72.3 Å². The van der Waals surface area contributed by atoms with Crippen LogP contribution in [0.4, 0.5) is 58.4 Å². The molecule has 6 aromatic rings. The molecular formula is C44H48K2N12Na2O16S4. The second kappa shape index (κ2) is 32.1. The smallest absolute Gasteiger partial charge is 0.744 e. The van der Waals surface area contributed by atoms with Gasteiger partial charge in [-0.1, -0.05) is 24.3 Å². The summed E-state index contributed by atoms with van der Waals surface area (Å²) >= 11 is 0. The number of nitrogens with zero attached hydrogens (tertiary/aromatic N) is 8. The molecular weight excluding hydrogens is 1200 g/mol. The zero-order valence-electron chi connectivity index (χ0n) is 44.3. The van der Waals surface area contributed by atoms with Gasteiger partial charge in [0.05, 0.1) is 44.0 Å². The molecule has 0 saturated heterocycles. The Labute approximate surface area is 591 Å². The number of aliphatic hydroxyl groups is 4. The summed E-state index contributed by atoms with van der Waals surface area (Å²) in [6, 6.07) is 16.0. The molecule has 4 aromatic carbocycles. The van der Waals surface area contributed by atoms with E-state index in [4.69, 9.17) is 0 Å². The number of hydrogen-bond donors (Lipinski definition) is 8. The van der Waals surface area contributed by atoms with Crippen LogP contribution >= 0.6 is 0 Å². The molecule has 0 fully saturated rings. The average Bonchev–Trinajstić information content (AvgIpc) is 3.29. The predicted octanol–water partition coefficient (Wildman–Crippen LogP) is -10.0. The number of aliphatic hydroxyl groups excluding tert-OH is 4. The Balaban J connectivity index is 0.00000547. The third kappa shape index (κ3) is 22.9. The molecule has 0 aliphatic heterocycles. The van der Waals surface area contributed by atoms with Crippen LogP contribution in [-0.4, -0.2) is 153 Å². The van der Waals surface area contributed by atoms with E-state index in [2.05, 4.69) is 51.2 Å². The van der Waals surface area contributed by atoms with Gasteiger partial charge >= 0.3 is 162 Å². The number of rotatable bonds is 24. The third-order valence-corrected chi connectivity index (χ3v) is 13.6. The van der Waals surface area contributed by atoms with Gasteiger partial charge in [0.15, 0.2) is 0 Å². The van der Waals surface area contributed by atoms with Crippen molar-refractivity contribution in [1.29, 1.82) is 0 Å². The average molecular weight is 1250 g/mol. The van der Waals surface area contributed by atoms with Crippen molar-refractivity contribution in [3.05, 3.63) is 96.1 Å². The van der Waals surface area contributed by atoms with E-state index in [1.165, 1.54) is 86.0 Å². The van der Waals surface area contributed by atoms with Crippen molar-refractivity contribution >= 4 is 111 Å². The molecule has 4 unspecified atom stereocenters. The fourth-order valence-electron chi connectivity index (χ4n) is 7.03. The van der Waals surface area contributed by atoms with Crippen LogP contribution in [0.3, 0.4) is 0 Å². The maximum absolute atomic E-state index is 12.7. The Morgan fingerprint density at radius 1 is 0.425 bits per heavy atom. The fraction of sp³-hybridized carbons (Fsp3) is 0.273. The molecule has 8 N–H and O–H groups in total. The van der Waals surface area contributed by atoms with E-state index >= 15 is 0 Å². The normalized spacial score (nSPS) is 13.2. The molecule has 4 atom stereocenters. The monoisotopic (exact) mass is 1250 g/mol. The van der Waals surface area contributed by atoms with E-state index in [1.807, 2.05) is 0 Å². The predicted molar refractivity (Wildman–Crippen MR) is 270 cm³/mol. The molecule has 0 spiro atoms. The first-order valence-electron chi connectivity index (χ1n) is 22.2. The Morgan fingerprint density at radius 2 is 0.675 bits per heavy atom. The molecule has 0 amide bonds. The van der Waals surface area contributed by atoms with Gasteiger partial charge in [-0.05, 0) is 112 Å². The molecule has 0 bridgehead atoms. The van der Waals surface area contributed by atoms with Gasteiger partial charge in [0.1, 0.15) is 40.5 Å². The summed E-state index contributed by atoms with van der Waals surface area (Å²) in [5.41, 5.74) is -0.274. The van der Waals surface area contributed by atoms with Crippen molar-refractivity contribution in [2.45, 2.75) is 71.7 Å². The molecule has 0 saturated carbocycles. The second-order valence-electron chi connectivity index (χ2n) is 17.0. The maximum atomic E-state index is 12.7. The third-order valence-electron chi connectivity index (χ3n) is 10.1. The van der Waals surface area contributed by atoms with Crippen molar-refractivity contribution in [1.82, 2.24) is 29.9 Å². The second-order valence-corrected chi connectivity index (χ2v) is 22.4. The standard InChI is InChI=1S/C44H52N12O16S4.2K.2Na/c1-25(57)21-55(22-26(2)58)43-51-39(45-31-11-15-35(16-12-31)73(61,62)63)49-41(53-43)47-33-9-7-29(37(19-33)75(67,68)69)5-6-30-8-10-34(20-38(30)76(70,71)72)48-42-50-40(46-32-13-17-36(18-14-32)74(64,65)66)52-44(54-42)56(23-27(3)59)24-28(4)60;;;;/h5-20,25-28,57-60H,21-24H2,1-4H3,(H,61,62,63)(H,64,65,66)(H,67,68,69)(H,70,71,72)(H2,45,47,49,51,53)(H2,46,48,50,52,54);;;;/q;4*+1/p-4/b6-5+;;;;. The molecule has 80 heavy (non-hydrogen) atoms. The van der Waals surface area contributed by atoms with Crippen molar-refractivity contribution in [3.8, 4) is 0 Å². The summed E-state index contributed by atoms with van der Waals surface area (Å²) in [4.78, 5) is 26.1. The first-order chi connectivity index (χ1) is 35.4. The minimum Gasteiger partial charge on any atom is -0.744 e. The van der Waals surface area contributed by atoms with Gasteiger partial charge in [-0.3, -0.25) is 0 Å². The van der Waals surface area contributed by atoms with Gasteiger partial charge in [-0.2, -0.15) is 29.9 Å². The summed E-state index contributed by atoms with van der Waals surface area (Å²) in [6.45, 7) is 5.53. The molecule has 0 aliphatic rings. The number of nitrogens with one attached hydrogen (secondary N) is 4. The molecule has 6 rings (SSSR count). The van der Waals surface area contributed by atoms with Gasteiger partial charge in [-0.25, -0.2) is 33.7 Å². The largest absolute Gasteiger partial charge is 1.00 e. The van der Waals surface area contributed by atoms with Crippen molar-refractivity contribution < 1.29 is 234 Å². The van der Waals surface area contributed by atoms with Crippen LogP contribution < -0.4 is 193 Å². The quantitative estimate of drug-likeness (QED) is 0.0158. The molecule has 2 aromatic heterocycles. The van der Waals surface area contributed by atoms with Crippen molar-refractivity contribution in [2.75, 3.05) is 57.2 Å². The zero-order chi connectivity index (χ0) is 55.9. The Hall–Kier alpha value is -1.81. The molecule has 0 radical (unpaired) electrons. The Morgan fingerprint density at radius 3 is 0.912 bits per heavy atom. The van der Waals surface area contributed by atoms with Crippen molar-refractivity contribution in [2.24, 2.45) is 0 Å². The Kier molecular flexibility index (Phi) is 29.8. The SMILES string of the molecule is CC(O)CN(CC(C)O)c1nc(Nc2ccc(S(=O)(=O)[O-])cc2)nc(Nc2ccc(/C=C/c3ccc(Nc4nc(Nc5ccc(S(=O)(=O)[O-])cc5)nc(N(CC(C)O)CC(C)O)n4)cc3S(=O)(=O)[O-])c(S(=O)(=O)[O-])c2)n1.[K+].[K+].[Na+].[Na+]. The minimum atomic E-state index is -5.32. The summed E-state index contributed by atoms with van der Waals surface area (Å²) < 4.78 is 145. The first-order valence-corrected chi connectivity index (χ1v) is 27.8. The van der Waals surface area contributed by atoms with Crippen LogP contribution in [0.25, 0.3) is 12.2 Å². The van der Waals surface area contributed by atoms with Gasteiger partial charge in [0, 0.05) is 48.9 Å². The van der Waals surface area contributed by atoms with Crippen LogP contribution in [-0.2, 0) is 40.5 Å². The first kappa shape index (κ1) is 74.3. The van der Waals surface area contributed by atoms with Gasteiger partial charge in [0.2, 0.25) is 35.7 Å². The van der Waals surface area contributed by atoms with Gasteiger partial charge < -0.3 is 69.7 Å². The topological polar surface area (TPSA) is 442 Å². The summed E-state index contributed by atoms with van der Waals surface area (Å²) in [5.74, 6) is -1.15. The van der Waals surface area contributed by atoms with E-state index in [1.54, 1.807) is 0 Å². The van der Waals surface area contributed by atoms with E-state index < -0.39 is 84.5 Å². The van der Waals surface area contributed by atoms with E-state index in [0.717, 1.165) is 48.6 Å². The van der Waals surface area contributed by atoms with Crippen LogP contribution in [0.15, 0.2) is 105 Å². The number of hydrogen-bond acceptors (Lipinski definition) is 28. The Bertz CT molecular complexity index is 3310. The van der Waals surface area contributed by atoms with Crippen LogP contribution in [0.5, 0.6) is 0 Å². The van der Waals surface area contributed by atoms with Crippen LogP contribution in [0.1, 0.15) is 38.8 Å². The van der Waals surface area contributed by atoms with Crippen LogP contribution in [0, 0.1) is 0 Å². The summed E-state index contributed by atoms with van der Waals surface area (Å²) in [7, 11) is -20.2. The molecule has 408 valence electrons. The van der Waals surface area contributed by atoms with Crippen LogP contribution in [0.2, 0.25) is 0 Å². The number of anilines is 10. The summed E-state index contributed by atoms with van der Waals surface area (Å²) in [5, 5.41) is 52.1. The van der Waals surface area contributed by atoms with E-state index in [-0.39, 0.29) is 258 Å². The maximum Gasteiger partial charge on any atom is 1.00 e. The molecule has 0 aliphatic carbocycles. The zero-order valence-corrected chi connectivity index (χ0v) is 57.8. The molecule has 36 heteroatoms. The van der Waals surface area contributed by atoms with Crippen molar-refractivity contribution in [3.63, 3.8) is 0 Å². The molecule has 28 nitrogen and oxygen atoms in total. The number of benzene rings is 4. The summed E-state index contributed by atoms with van der Waals surface area (Å²) in [6.07, 6.45) is -1.70.